The van der Waals surface area contributed by atoms with Gasteiger partial charge in [-0.25, -0.2) is 9.59 Å². The van der Waals surface area contributed by atoms with Crippen molar-refractivity contribution in [3.8, 4) is 0 Å². The minimum atomic E-state index is -1.74. The van der Waals surface area contributed by atoms with Gasteiger partial charge in [0.05, 0.1) is 0 Å². The molecule has 4 aliphatic rings. The number of rotatable bonds is 4. The lowest BCUT2D eigenvalue weighted by Gasteiger charge is -2.56. The maximum Gasteiger partial charge on any atom is 0.331 e. The number of halogens is 1. The molecule has 4 unspecified atom stereocenters. The van der Waals surface area contributed by atoms with Crippen molar-refractivity contribution < 1.29 is 33.4 Å². The molecule has 160 valence electrons. The second kappa shape index (κ2) is 6.64. The summed E-state index contributed by atoms with van der Waals surface area (Å²) in [5.41, 5.74) is -1.98. The Kier molecular flexibility index (Phi) is 4.19. The van der Waals surface area contributed by atoms with E-state index in [-0.39, 0.29) is 0 Å². The van der Waals surface area contributed by atoms with Crippen molar-refractivity contribution in [1.82, 2.24) is 0 Å². The van der Waals surface area contributed by atoms with E-state index in [0.29, 0.717) is 27.3 Å². The molecule has 0 saturated carbocycles. The molecule has 1 aliphatic heterocycles. The smallest absolute Gasteiger partial charge is 0.331 e. The van der Waals surface area contributed by atoms with Gasteiger partial charge in [-0.15, -0.1) is 0 Å². The van der Waals surface area contributed by atoms with Gasteiger partial charge < -0.3 is 14.2 Å². The highest BCUT2D eigenvalue weighted by molar-refractivity contribution is 6.30. The lowest BCUT2D eigenvalue weighted by atomic mass is 9.50. The number of hydrogen-bond donors (Lipinski definition) is 0. The Morgan fingerprint density at radius 3 is 1.81 bits per heavy atom. The zero-order chi connectivity index (χ0) is 22.8. The summed E-state index contributed by atoms with van der Waals surface area (Å²) in [5.74, 6) is -5.99. The molecule has 1 heterocycles. The van der Waals surface area contributed by atoms with E-state index in [9.17, 15) is 19.2 Å². The summed E-state index contributed by atoms with van der Waals surface area (Å²) < 4.78 is 16.8. The van der Waals surface area contributed by atoms with Crippen LogP contribution in [0.2, 0.25) is 5.02 Å². The van der Waals surface area contributed by atoms with Crippen LogP contribution in [-0.4, -0.2) is 23.9 Å². The Bertz CT molecular complexity index is 1260. The summed E-state index contributed by atoms with van der Waals surface area (Å²) in [4.78, 5) is 51.1. The molecule has 32 heavy (non-hydrogen) atoms. The van der Waals surface area contributed by atoms with E-state index < -0.39 is 46.9 Å². The van der Waals surface area contributed by atoms with E-state index in [4.69, 9.17) is 25.8 Å². The quantitative estimate of drug-likeness (QED) is 0.306. The Labute approximate surface area is 187 Å². The number of carbonyl (C=O) groups is 4. The molecule has 0 N–H and O–H groups in total. The second-order valence-corrected chi connectivity index (χ2v) is 8.09. The summed E-state index contributed by atoms with van der Waals surface area (Å²) >= 11 is 6.29. The highest BCUT2D eigenvalue weighted by Crippen LogP contribution is 2.67. The van der Waals surface area contributed by atoms with Crippen molar-refractivity contribution in [3.63, 3.8) is 0 Å². The fourth-order valence-electron chi connectivity index (χ4n) is 5.29. The molecule has 2 aromatic carbocycles. The first kappa shape index (κ1) is 20.2. The highest BCUT2D eigenvalue weighted by atomic mass is 35.5. The average Bonchev–Trinajstić information content (AvgIpc) is 3.10. The SMILES string of the molecule is C=CC(=O)OC12c3ccccc3C(OC(=O)C=C)(c3cc(Cl)ccc31)C1C(=O)OC(=O)C12. The standard InChI is InChI=1S/C24H15ClO7/c1-3-17(26)31-23-13-7-5-6-8-14(13)24(32-18(27)4-2,16-11-12(25)9-10-15(16)23)20-19(23)21(28)30-22(20)29/h3-11,19-20H,1-2H2. The van der Waals surface area contributed by atoms with E-state index in [0.717, 1.165) is 12.2 Å². The van der Waals surface area contributed by atoms with Crippen molar-refractivity contribution in [3.05, 3.63) is 95.1 Å². The lowest BCUT2D eigenvalue weighted by Crippen LogP contribution is -2.63. The highest BCUT2D eigenvalue weighted by Gasteiger charge is 2.76. The maximum absolute atomic E-state index is 13.0. The molecule has 0 radical (unpaired) electrons. The Balaban J connectivity index is 1.98. The summed E-state index contributed by atoms with van der Waals surface area (Å²) in [6, 6.07) is 11.4. The molecule has 4 atom stereocenters. The van der Waals surface area contributed by atoms with Crippen LogP contribution in [0, 0.1) is 11.8 Å². The summed E-state index contributed by atoms with van der Waals surface area (Å²) in [5, 5.41) is 0.294. The zero-order valence-electron chi connectivity index (χ0n) is 16.5. The van der Waals surface area contributed by atoms with Crippen LogP contribution in [0.3, 0.4) is 0 Å². The van der Waals surface area contributed by atoms with E-state index in [1.807, 2.05) is 0 Å². The van der Waals surface area contributed by atoms with Crippen LogP contribution in [0.4, 0.5) is 0 Å². The van der Waals surface area contributed by atoms with E-state index in [1.165, 1.54) is 6.07 Å². The van der Waals surface area contributed by atoms with Gasteiger partial charge in [-0.2, -0.15) is 0 Å². The van der Waals surface area contributed by atoms with Gasteiger partial charge in [-0.1, -0.05) is 55.1 Å². The van der Waals surface area contributed by atoms with Crippen LogP contribution in [0.1, 0.15) is 22.3 Å². The average molecular weight is 451 g/mol. The van der Waals surface area contributed by atoms with Crippen LogP contribution in [0.25, 0.3) is 0 Å². The van der Waals surface area contributed by atoms with Crippen molar-refractivity contribution in [2.75, 3.05) is 0 Å². The number of esters is 4. The van der Waals surface area contributed by atoms with E-state index in [2.05, 4.69) is 13.2 Å². The molecule has 8 heteroatoms. The fraction of sp³-hybridized carbons (Fsp3) is 0.167. The van der Waals surface area contributed by atoms with Crippen LogP contribution >= 0.6 is 11.6 Å². The summed E-state index contributed by atoms with van der Waals surface area (Å²) in [7, 11) is 0. The van der Waals surface area contributed by atoms with Gasteiger partial charge in [0.25, 0.3) is 0 Å². The molecule has 6 rings (SSSR count). The summed E-state index contributed by atoms with van der Waals surface area (Å²) in [6.07, 6.45) is 1.94. The summed E-state index contributed by atoms with van der Waals surface area (Å²) in [6.45, 7) is 6.91. The predicted octanol–water partition coefficient (Wildman–Crippen LogP) is 2.93. The minimum Gasteiger partial charge on any atom is -0.445 e. The molecule has 1 fully saturated rings. The van der Waals surface area contributed by atoms with Crippen molar-refractivity contribution in [2.45, 2.75) is 11.2 Å². The lowest BCUT2D eigenvalue weighted by molar-refractivity contribution is -0.188. The first-order valence-corrected chi connectivity index (χ1v) is 10.1. The normalized spacial score (nSPS) is 28.7. The Morgan fingerprint density at radius 1 is 0.844 bits per heavy atom. The first-order chi connectivity index (χ1) is 15.3. The third-order valence-corrected chi connectivity index (χ3v) is 6.52. The van der Waals surface area contributed by atoms with E-state index in [1.54, 1.807) is 36.4 Å². The molecule has 0 amide bonds. The van der Waals surface area contributed by atoms with E-state index >= 15 is 0 Å². The molecule has 1 saturated heterocycles. The van der Waals surface area contributed by atoms with Gasteiger partial charge in [-0.05, 0) is 12.1 Å². The van der Waals surface area contributed by atoms with Gasteiger partial charge in [0.1, 0.15) is 11.8 Å². The molecule has 2 aromatic rings. The zero-order valence-corrected chi connectivity index (χ0v) is 17.3. The molecular formula is C24H15ClO7. The molecular weight excluding hydrogens is 436 g/mol. The maximum atomic E-state index is 13.0. The number of benzene rings is 2. The molecule has 0 aromatic heterocycles. The van der Waals surface area contributed by atoms with Gasteiger partial charge in [-0.3, -0.25) is 9.59 Å². The van der Waals surface area contributed by atoms with Gasteiger partial charge in [0.2, 0.25) is 0 Å². The first-order valence-electron chi connectivity index (χ1n) is 9.68. The van der Waals surface area contributed by atoms with Crippen LogP contribution < -0.4 is 0 Å². The number of carbonyl (C=O) groups excluding carboxylic acids is 4. The Morgan fingerprint density at radius 2 is 1.31 bits per heavy atom. The van der Waals surface area contributed by atoms with Crippen LogP contribution in [-0.2, 0) is 44.6 Å². The molecule has 2 bridgehead atoms. The van der Waals surface area contributed by atoms with Crippen LogP contribution in [0.15, 0.2) is 67.8 Å². The number of ether oxygens (including phenoxy) is 3. The predicted molar refractivity (Wildman–Crippen MR) is 110 cm³/mol. The fourth-order valence-corrected chi connectivity index (χ4v) is 5.46. The van der Waals surface area contributed by atoms with Gasteiger partial charge >= 0.3 is 23.9 Å². The molecule has 3 aliphatic carbocycles. The van der Waals surface area contributed by atoms with Crippen LogP contribution in [0.5, 0.6) is 0 Å². The largest absolute Gasteiger partial charge is 0.445 e. The minimum absolute atomic E-state index is 0.294. The van der Waals surface area contributed by atoms with Gasteiger partial charge in [0.15, 0.2) is 11.2 Å². The molecule has 0 spiro atoms. The second-order valence-electron chi connectivity index (χ2n) is 7.65. The van der Waals surface area contributed by atoms with Crippen molar-refractivity contribution in [1.29, 1.82) is 0 Å². The third-order valence-electron chi connectivity index (χ3n) is 6.28. The van der Waals surface area contributed by atoms with Crippen molar-refractivity contribution >= 4 is 35.5 Å². The Hall–Kier alpha value is -3.71. The third kappa shape index (κ3) is 2.26. The monoisotopic (exact) mass is 450 g/mol. The number of hydrogen-bond acceptors (Lipinski definition) is 7. The van der Waals surface area contributed by atoms with Gasteiger partial charge in [0, 0.05) is 39.4 Å². The molecule has 7 nitrogen and oxygen atoms in total. The van der Waals surface area contributed by atoms with Crippen molar-refractivity contribution in [2.24, 2.45) is 11.8 Å². The topological polar surface area (TPSA) is 96.0 Å². The number of cyclic esters (lactones) is 2.